The summed E-state index contributed by atoms with van der Waals surface area (Å²) in [5.41, 5.74) is 2.02. The maximum atomic E-state index is 11.9. The van der Waals surface area contributed by atoms with Crippen LogP contribution >= 0.6 is 0 Å². The molecule has 0 spiro atoms. The smallest absolute Gasteiger partial charge is 0.376 e. The fourth-order valence-electron chi connectivity index (χ4n) is 3.12. The Morgan fingerprint density at radius 3 is 1.58 bits per heavy atom. The highest BCUT2D eigenvalue weighted by Crippen LogP contribution is 2.41. The summed E-state index contributed by atoms with van der Waals surface area (Å²) < 4.78 is 0.137. The molecule has 3 rings (SSSR count). The van der Waals surface area contributed by atoms with Gasteiger partial charge in [0.1, 0.15) is 11.3 Å². The molecule has 0 aliphatic heterocycles. The van der Waals surface area contributed by atoms with Gasteiger partial charge in [0.05, 0.1) is 19.7 Å². The maximum Gasteiger partial charge on any atom is 0.486 e. The molecule has 0 aromatic heterocycles. The van der Waals surface area contributed by atoms with Crippen molar-refractivity contribution in [3.8, 4) is 0 Å². The van der Waals surface area contributed by atoms with E-state index in [9.17, 15) is 5.11 Å². The minimum absolute atomic E-state index is 0.137. The number of quaternary nitrogens is 1. The predicted octanol–water partition coefficient (Wildman–Crippen LogP) is 3.62. The Kier molecular flexibility index (Phi) is 4.31. The zero-order valence-electron chi connectivity index (χ0n) is 14.1. The Morgan fingerprint density at radius 1 is 0.708 bits per heavy atom. The molecule has 0 amide bonds. The van der Waals surface area contributed by atoms with E-state index in [0.717, 1.165) is 22.4 Å². The highest BCUT2D eigenvalue weighted by atomic mass is 16.3. The normalized spacial score (nSPS) is 12.1. The van der Waals surface area contributed by atoms with E-state index in [0.29, 0.717) is 0 Å². The van der Waals surface area contributed by atoms with Gasteiger partial charge in [-0.25, -0.2) is 0 Å². The van der Waals surface area contributed by atoms with Gasteiger partial charge in [-0.15, -0.1) is 0 Å². The van der Waals surface area contributed by atoms with Crippen molar-refractivity contribution in [1.29, 1.82) is 0 Å². The molecular formula is C21H21BNO+. The maximum absolute atomic E-state index is 11.9. The van der Waals surface area contributed by atoms with Crippen LogP contribution in [0.15, 0.2) is 84.9 Å². The van der Waals surface area contributed by atoms with Gasteiger partial charge < -0.3 is 9.50 Å². The summed E-state index contributed by atoms with van der Waals surface area (Å²) in [6.07, 6.45) is 0. The molecule has 0 aliphatic carbocycles. The lowest BCUT2D eigenvalue weighted by atomic mass is 9.79. The van der Waals surface area contributed by atoms with Crippen molar-refractivity contribution in [2.24, 2.45) is 0 Å². The fourth-order valence-corrected chi connectivity index (χ4v) is 3.12. The number of aliphatic hydroxyl groups is 1. The number of benzene rings is 3. The van der Waals surface area contributed by atoms with E-state index in [2.05, 4.69) is 0 Å². The Balaban J connectivity index is 2.33. The van der Waals surface area contributed by atoms with Gasteiger partial charge in [0.15, 0.2) is 0 Å². The first kappa shape index (κ1) is 16.5. The van der Waals surface area contributed by atoms with E-state index in [1.165, 1.54) is 0 Å². The van der Waals surface area contributed by atoms with E-state index in [1.54, 1.807) is 0 Å². The SMILES string of the molecule is [B][N+](C)(C)c1ccccc1C(O)(c1ccccc1)c1ccccc1. The molecule has 2 nitrogen and oxygen atoms in total. The number of hydrogen-bond donors (Lipinski definition) is 1. The van der Waals surface area contributed by atoms with Crippen LogP contribution in [0, 0.1) is 0 Å². The Labute approximate surface area is 145 Å². The minimum atomic E-state index is -1.27. The standard InChI is InChI=1S/C21H21BNO/c1-23(2,22)20-16-10-9-15-19(20)21(24,17-11-5-3-6-12-17)18-13-7-4-8-14-18/h3-16,24H,1-2H3/q+1. The molecular weight excluding hydrogens is 293 g/mol. The predicted molar refractivity (Wildman–Crippen MR) is 101 cm³/mol. The summed E-state index contributed by atoms with van der Waals surface area (Å²) in [5, 5.41) is 11.9. The lowest BCUT2D eigenvalue weighted by Crippen LogP contribution is -2.41. The van der Waals surface area contributed by atoms with Crippen molar-refractivity contribution in [1.82, 2.24) is 4.39 Å². The van der Waals surface area contributed by atoms with Crippen LogP contribution in [0.2, 0.25) is 0 Å². The van der Waals surface area contributed by atoms with E-state index in [4.69, 9.17) is 7.98 Å². The molecule has 0 unspecified atom stereocenters. The molecule has 0 fully saturated rings. The van der Waals surface area contributed by atoms with Crippen molar-refractivity contribution in [2.75, 3.05) is 14.1 Å². The highest BCUT2D eigenvalue weighted by Gasteiger charge is 2.38. The summed E-state index contributed by atoms with van der Waals surface area (Å²) in [7, 11) is 10.1. The van der Waals surface area contributed by atoms with Crippen LogP contribution in [0.25, 0.3) is 0 Å². The fraction of sp³-hybridized carbons (Fsp3) is 0.143. The van der Waals surface area contributed by atoms with Gasteiger partial charge in [0.2, 0.25) is 0 Å². The third-order valence-electron chi connectivity index (χ3n) is 4.30. The summed E-state index contributed by atoms with van der Waals surface area (Å²) in [6, 6.07) is 27.2. The third kappa shape index (κ3) is 2.89. The monoisotopic (exact) mass is 314 g/mol. The summed E-state index contributed by atoms with van der Waals surface area (Å²) in [6.45, 7) is 0. The third-order valence-corrected chi connectivity index (χ3v) is 4.30. The van der Waals surface area contributed by atoms with Crippen molar-refractivity contribution < 1.29 is 5.11 Å². The molecule has 118 valence electrons. The first-order valence-electron chi connectivity index (χ1n) is 8.00. The largest absolute Gasteiger partial charge is 0.486 e. The Bertz CT molecular complexity index is 771. The van der Waals surface area contributed by atoms with Crippen LogP contribution in [-0.4, -0.2) is 27.2 Å². The molecule has 24 heavy (non-hydrogen) atoms. The van der Waals surface area contributed by atoms with Gasteiger partial charge in [-0.1, -0.05) is 72.8 Å². The second kappa shape index (κ2) is 6.27. The van der Waals surface area contributed by atoms with Crippen molar-refractivity contribution >= 4 is 13.7 Å². The van der Waals surface area contributed by atoms with Gasteiger partial charge >= 0.3 is 7.98 Å². The summed E-state index contributed by atoms with van der Waals surface area (Å²) >= 11 is 0. The van der Waals surface area contributed by atoms with E-state index >= 15 is 0 Å². The average Bonchev–Trinajstić information content (AvgIpc) is 2.62. The van der Waals surface area contributed by atoms with Crippen LogP contribution in [0.1, 0.15) is 16.7 Å². The van der Waals surface area contributed by atoms with Crippen molar-refractivity contribution in [3.05, 3.63) is 102 Å². The zero-order chi connectivity index (χ0) is 17.2. The molecule has 3 aromatic rings. The summed E-state index contributed by atoms with van der Waals surface area (Å²) in [4.78, 5) is 0. The van der Waals surface area contributed by atoms with Crippen LogP contribution < -0.4 is 4.39 Å². The first-order valence-corrected chi connectivity index (χ1v) is 8.00. The second-order valence-corrected chi connectivity index (χ2v) is 6.50. The van der Waals surface area contributed by atoms with Crippen LogP contribution in [0.3, 0.4) is 0 Å². The molecule has 0 heterocycles. The lowest BCUT2D eigenvalue weighted by Gasteiger charge is -2.35. The van der Waals surface area contributed by atoms with Crippen LogP contribution in [0.5, 0.6) is 0 Å². The van der Waals surface area contributed by atoms with E-state index in [1.807, 2.05) is 99.0 Å². The molecule has 0 bridgehead atoms. The van der Waals surface area contributed by atoms with E-state index < -0.39 is 5.60 Å². The van der Waals surface area contributed by atoms with E-state index in [-0.39, 0.29) is 4.39 Å². The van der Waals surface area contributed by atoms with Gasteiger partial charge in [-0.05, 0) is 23.3 Å². The lowest BCUT2D eigenvalue weighted by molar-refractivity contribution is 0.125. The highest BCUT2D eigenvalue weighted by molar-refractivity contribution is 6.13. The molecule has 2 radical (unpaired) electrons. The number of nitrogens with zero attached hydrogens (tertiary/aromatic N) is 1. The molecule has 0 atom stereocenters. The van der Waals surface area contributed by atoms with Crippen LogP contribution in [-0.2, 0) is 5.60 Å². The van der Waals surface area contributed by atoms with Gasteiger partial charge in [0.25, 0.3) is 0 Å². The van der Waals surface area contributed by atoms with Crippen molar-refractivity contribution in [3.63, 3.8) is 0 Å². The van der Waals surface area contributed by atoms with Crippen LogP contribution in [0.4, 0.5) is 5.69 Å². The van der Waals surface area contributed by atoms with Crippen molar-refractivity contribution in [2.45, 2.75) is 5.60 Å². The minimum Gasteiger partial charge on any atom is -0.376 e. The quantitative estimate of drug-likeness (QED) is 0.576. The number of hydrogen-bond acceptors (Lipinski definition) is 1. The number of para-hydroxylation sites is 1. The molecule has 3 aromatic carbocycles. The molecule has 0 saturated heterocycles. The Morgan fingerprint density at radius 2 is 1.12 bits per heavy atom. The molecule has 0 saturated carbocycles. The Hall–Kier alpha value is -2.36. The number of rotatable bonds is 4. The van der Waals surface area contributed by atoms with Gasteiger partial charge in [0, 0.05) is 0 Å². The van der Waals surface area contributed by atoms with Gasteiger partial charge in [-0.3, -0.25) is 0 Å². The van der Waals surface area contributed by atoms with Gasteiger partial charge in [-0.2, -0.15) is 0 Å². The zero-order valence-corrected chi connectivity index (χ0v) is 14.1. The topological polar surface area (TPSA) is 20.2 Å². The molecule has 1 N–H and O–H groups in total. The molecule has 3 heteroatoms. The average molecular weight is 314 g/mol. The second-order valence-electron chi connectivity index (χ2n) is 6.50. The first-order chi connectivity index (χ1) is 11.4. The molecule has 0 aliphatic rings. The summed E-state index contributed by atoms with van der Waals surface area (Å²) in [5.74, 6) is 0.